The number of aromatic nitrogens is 2. The number of amides is 1. The molecule has 0 bridgehead atoms. The second kappa shape index (κ2) is 8.40. The molecule has 146 valence electrons. The van der Waals surface area contributed by atoms with Crippen LogP contribution >= 0.6 is 0 Å². The van der Waals surface area contributed by atoms with Crippen molar-refractivity contribution in [1.29, 1.82) is 0 Å². The van der Waals surface area contributed by atoms with Gasteiger partial charge in [-0.05, 0) is 43.9 Å². The number of para-hydroxylation sites is 2. The van der Waals surface area contributed by atoms with Gasteiger partial charge in [0, 0.05) is 33.1 Å². The number of piperidine rings is 1. The van der Waals surface area contributed by atoms with Crippen LogP contribution in [0, 0.1) is 5.92 Å². The van der Waals surface area contributed by atoms with Crippen LogP contribution in [0.4, 0.5) is 0 Å². The third-order valence-electron chi connectivity index (χ3n) is 5.98. The molecule has 2 fully saturated rings. The maximum absolute atomic E-state index is 12.4. The van der Waals surface area contributed by atoms with Gasteiger partial charge in [-0.25, -0.2) is 4.98 Å². The molecule has 2 aromatic rings. The van der Waals surface area contributed by atoms with Crippen LogP contribution in [-0.4, -0.2) is 64.7 Å². The number of carbonyl (C=O) groups is 1. The van der Waals surface area contributed by atoms with Crippen LogP contribution in [0.5, 0.6) is 0 Å². The maximum Gasteiger partial charge on any atom is 0.222 e. The lowest BCUT2D eigenvalue weighted by Crippen LogP contribution is -2.41. The molecule has 1 aromatic heterocycles. The van der Waals surface area contributed by atoms with Crippen LogP contribution in [0.1, 0.15) is 31.5 Å². The summed E-state index contributed by atoms with van der Waals surface area (Å²) in [6, 6.07) is 8.31. The summed E-state index contributed by atoms with van der Waals surface area (Å²) in [4.78, 5) is 21.7. The second-order valence-corrected chi connectivity index (χ2v) is 7.85. The van der Waals surface area contributed by atoms with Crippen molar-refractivity contribution in [3.63, 3.8) is 0 Å². The standard InChI is InChI=1S/C21H30N4O2/c1-23-19-7-3-2-6-18(19)22-20(23)16-24-10-4-5-17(15-24)8-9-21(26)25-11-13-27-14-12-25/h2-3,6-7,17H,4-5,8-16H2,1H3. The zero-order valence-electron chi connectivity index (χ0n) is 16.3. The first kappa shape index (κ1) is 18.4. The van der Waals surface area contributed by atoms with Gasteiger partial charge in [-0.1, -0.05) is 12.1 Å². The molecule has 2 aliphatic rings. The lowest BCUT2D eigenvalue weighted by molar-refractivity contribution is -0.135. The highest BCUT2D eigenvalue weighted by Gasteiger charge is 2.24. The summed E-state index contributed by atoms with van der Waals surface area (Å²) in [6.45, 7) is 5.95. The number of hydrogen-bond acceptors (Lipinski definition) is 4. The van der Waals surface area contributed by atoms with Crippen molar-refractivity contribution in [1.82, 2.24) is 19.4 Å². The third kappa shape index (κ3) is 4.33. The quantitative estimate of drug-likeness (QED) is 0.811. The molecular weight excluding hydrogens is 340 g/mol. The topological polar surface area (TPSA) is 50.6 Å². The van der Waals surface area contributed by atoms with E-state index in [2.05, 4.69) is 34.7 Å². The molecule has 1 unspecified atom stereocenters. The van der Waals surface area contributed by atoms with E-state index in [1.54, 1.807) is 0 Å². The predicted molar refractivity (Wildman–Crippen MR) is 105 cm³/mol. The Morgan fingerprint density at radius 2 is 2.04 bits per heavy atom. The van der Waals surface area contributed by atoms with Gasteiger partial charge in [0.15, 0.2) is 0 Å². The van der Waals surface area contributed by atoms with E-state index in [4.69, 9.17) is 9.72 Å². The number of hydrogen-bond donors (Lipinski definition) is 0. The summed E-state index contributed by atoms with van der Waals surface area (Å²) in [5, 5.41) is 0. The van der Waals surface area contributed by atoms with E-state index in [0.29, 0.717) is 31.5 Å². The summed E-state index contributed by atoms with van der Waals surface area (Å²) in [6.07, 6.45) is 4.11. The molecule has 3 heterocycles. The molecular formula is C21H30N4O2. The number of imidazole rings is 1. The van der Waals surface area contributed by atoms with Crippen molar-refractivity contribution >= 4 is 16.9 Å². The first-order valence-electron chi connectivity index (χ1n) is 10.2. The minimum absolute atomic E-state index is 0.297. The SMILES string of the molecule is Cn1c(CN2CCCC(CCC(=O)N3CCOCC3)C2)nc2ccccc21. The summed E-state index contributed by atoms with van der Waals surface area (Å²) in [5.41, 5.74) is 2.26. The van der Waals surface area contributed by atoms with E-state index in [0.717, 1.165) is 50.5 Å². The van der Waals surface area contributed by atoms with Crippen molar-refractivity contribution in [2.45, 2.75) is 32.2 Å². The van der Waals surface area contributed by atoms with Crippen molar-refractivity contribution in [2.24, 2.45) is 13.0 Å². The predicted octanol–water partition coefficient (Wildman–Crippen LogP) is 2.42. The molecule has 0 spiro atoms. The fraction of sp³-hybridized carbons (Fsp3) is 0.619. The maximum atomic E-state index is 12.4. The zero-order chi connectivity index (χ0) is 18.6. The summed E-state index contributed by atoms with van der Waals surface area (Å²) >= 11 is 0. The van der Waals surface area contributed by atoms with Gasteiger partial charge in [0.1, 0.15) is 5.82 Å². The van der Waals surface area contributed by atoms with Crippen molar-refractivity contribution in [2.75, 3.05) is 39.4 Å². The van der Waals surface area contributed by atoms with Gasteiger partial charge < -0.3 is 14.2 Å². The highest BCUT2D eigenvalue weighted by Crippen LogP contribution is 2.24. The third-order valence-corrected chi connectivity index (χ3v) is 5.98. The number of benzene rings is 1. The Balaban J connectivity index is 1.31. The molecule has 2 saturated heterocycles. The Morgan fingerprint density at radius 3 is 2.85 bits per heavy atom. The van der Waals surface area contributed by atoms with Crippen LogP contribution in [0.25, 0.3) is 11.0 Å². The van der Waals surface area contributed by atoms with Gasteiger partial charge in [0.05, 0.1) is 30.8 Å². The first-order chi connectivity index (χ1) is 13.2. The van der Waals surface area contributed by atoms with E-state index in [1.807, 2.05) is 11.0 Å². The Hall–Kier alpha value is -1.92. The molecule has 0 aliphatic carbocycles. The number of carbonyl (C=O) groups excluding carboxylic acids is 1. The van der Waals surface area contributed by atoms with Gasteiger partial charge in [-0.15, -0.1) is 0 Å². The van der Waals surface area contributed by atoms with E-state index < -0.39 is 0 Å². The van der Waals surface area contributed by atoms with E-state index >= 15 is 0 Å². The highest BCUT2D eigenvalue weighted by molar-refractivity contribution is 5.76. The largest absolute Gasteiger partial charge is 0.378 e. The Labute approximate surface area is 161 Å². The van der Waals surface area contributed by atoms with E-state index in [-0.39, 0.29) is 0 Å². The Bertz CT molecular complexity index is 782. The fourth-order valence-corrected chi connectivity index (χ4v) is 4.37. The summed E-state index contributed by atoms with van der Waals surface area (Å²) in [7, 11) is 2.10. The van der Waals surface area contributed by atoms with Crippen molar-refractivity contribution in [3.8, 4) is 0 Å². The molecule has 6 nitrogen and oxygen atoms in total. The molecule has 1 aromatic carbocycles. The van der Waals surface area contributed by atoms with Crippen LogP contribution in [0.2, 0.25) is 0 Å². The number of likely N-dealkylation sites (tertiary alicyclic amines) is 1. The Morgan fingerprint density at radius 1 is 1.22 bits per heavy atom. The molecule has 6 heteroatoms. The number of aryl methyl sites for hydroxylation is 1. The fourth-order valence-electron chi connectivity index (χ4n) is 4.37. The first-order valence-corrected chi connectivity index (χ1v) is 10.2. The van der Waals surface area contributed by atoms with Gasteiger partial charge in [-0.2, -0.15) is 0 Å². The molecule has 1 atom stereocenters. The number of fused-ring (bicyclic) bond motifs is 1. The molecule has 2 aliphatic heterocycles. The zero-order valence-corrected chi connectivity index (χ0v) is 16.3. The smallest absolute Gasteiger partial charge is 0.222 e. The van der Waals surface area contributed by atoms with E-state index in [9.17, 15) is 4.79 Å². The van der Waals surface area contributed by atoms with E-state index in [1.165, 1.54) is 18.4 Å². The lowest BCUT2D eigenvalue weighted by atomic mass is 9.93. The molecule has 1 amide bonds. The number of nitrogens with zero attached hydrogens (tertiary/aromatic N) is 4. The highest BCUT2D eigenvalue weighted by atomic mass is 16.5. The minimum atomic E-state index is 0.297. The van der Waals surface area contributed by atoms with Gasteiger partial charge in [0.2, 0.25) is 5.91 Å². The van der Waals surface area contributed by atoms with Crippen LogP contribution in [0.15, 0.2) is 24.3 Å². The number of morpholine rings is 1. The average molecular weight is 370 g/mol. The number of ether oxygens (including phenoxy) is 1. The molecule has 4 rings (SSSR count). The molecule has 27 heavy (non-hydrogen) atoms. The van der Waals surface area contributed by atoms with Gasteiger partial charge >= 0.3 is 0 Å². The molecule has 0 N–H and O–H groups in total. The van der Waals surface area contributed by atoms with Gasteiger partial charge in [0.25, 0.3) is 0 Å². The Kier molecular flexibility index (Phi) is 5.74. The lowest BCUT2D eigenvalue weighted by Gasteiger charge is -2.33. The van der Waals surface area contributed by atoms with Crippen molar-refractivity contribution < 1.29 is 9.53 Å². The summed E-state index contributed by atoms with van der Waals surface area (Å²) < 4.78 is 7.55. The monoisotopic (exact) mass is 370 g/mol. The molecule has 0 radical (unpaired) electrons. The normalized spacial score (nSPS) is 21.7. The van der Waals surface area contributed by atoms with Crippen LogP contribution < -0.4 is 0 Å². The van der Waals surface area contributed by atoms with Crippen LogP contribution in [-0.2, 0) is 23.1 Å². The number of rotatable bonds is 5. The van der Waals surface area contributed by atoms with Crippen molar-refractivity contribution in [3.05, 3.63) is 30.1 Å². The molecule has 0 saturated carbocycles. The second-order valence-electron chi connectivity index (χ2n) is 7.85. The van der Waals surface area contributed by atoms with Gasteiger partial charge in [-0.3, -0.25) is 9.69 Å². The van der Waals surface area contributed by atoms with Crippen LogP contribution in [0.3, 0.4) is 0 Å². The summed E-state index contributed by atoms with van der Waals surface area (Å²) in [5.74, 6) is 2.03. The minimum Gasteiger partial charge on any atom is -0.378 e. The average Bonchev–Trinajstić information content (AvgIpc) is 3.03.